The number of carbonyl (C=O) groups excluding carboxylic acids is 2. The van der Waals surface area contributed by atoms with E-state index in [-0.39, 0.29) is 5.91 Å². The summed E-state index contributed by atoms with van der Waals surface area (Å²) in [5.74, 6) is -0.770. The fraction of sp³-hybridized carbons (Fsp3) is 0.0714. The largest absolute Gasteiger partial charge is 0.399 e. The molecule has 5 nitrogen and oxygen atoms in total. The smallest absolute Gasteiger partial charge is 0.265 e. The molecule has 0 unspecified atom stereocenters. The maximum absolute atomic E-state index is 12.3. The first kappa shape index (κ1) is 12.8. The lowest BCUT2D eigenvalue weighted by Gasteiger charge is -2.19. The van der Waals surface area contributed by atoms with Crippen molar-refractivity contribution in [3.63, 3.8) is 0 Å². The van der Waals surface area contributed by atoms with Crippen LogP contribution in [0.2, 0.25) is 0 Å². The van der Waals surface area contributed by atoms with Gasteiger partial charge < -0.3 is 5.73 Å². The quantitative estimate of drug-likeness (QED) is 0.831. The highest BCUT2D eigenvalue weighted by Crippen LogP contribution is 2.20. The Morgan fingerprint density at radius 1 is 1.16 bits per heavy atom. The molecule has 1 heterocycles. The van der Waals surface area contributed by atoms with Crippen LogP contribution in [0.3, 0.4) is 0 Å². The van der Waals surface area contributed by atoms with E-state index in [2.05, 4.69) is 4.98 Å². The Hall–Kier alpha value is -2.69. The van der Waals surface area contributed by atoms with Crippen LogP contribution in [0.4, 0.5) is 11.4 Å². The van der Waals surface area contributed by atoms with E-state index in [1.54, 1.807) is 36.4 Å². The highest BCUT2D eigenvalue weighted by molar-refractivity contribution is 6.20. The second-order valence-corrected chi connectivity index (χ2v) is 3.99. The van der Waals surface area contributed by atoms with E-state index < -0.39 is 5.91 Å². The molecule has 0 spiro atoms. The number of benzene rings is 1. The van der Waals surface area contributed by atoms with Gasteiger partial charge in [0, 0.05) is 30.6 Å². The Kier molecular flexibility index (Phi) is 3.56. The van der Waals surface area contributed by atoms with Crippen molar-refractivity contribution in [1.82, 2.24) is 4.98 Å². The summed E-state index contributed by atoms with van der Waals surface area (Å²) in [6, 6.07) is 9.76. The molecule has 96 valence electrons. The molecule has 0 aliphatic carbocycles. The molecule has 0 bridgehead atoms. The number of anilines is 2. The van der Waals surface area contributed by atoms with E-state index in [1.165, 1.54) is 19.3 Å². The van der Waals surface area contributed by atoms with Crippen LogP contribution in [0.25, 0.3) is 0 Å². The molecule has 2 aromatic rings. The molecule has 2 rings (SSSR count). The number of pyridine rings is 1. The molecule has 0 aliphatic heterocycles. The number of aromatic nitrogens is 1. The van der Waals surface area contributed by atoms with E-state index >= 15 is 0 Å². The van der Waals surface area contributed by atoms with Gasteiger partial charge >= 0.3 is 0 Å². The first-order valence-electron chi connectivity index (χ1n) is 5.70. The lowest BCUT2D eigenvalue weighted by atomic mass is 10.2. The summed E-state index contributed by atoms with van der Waals surface area (Å²) in [5, 5.41) is 0. The van der Waals surface area contributed by atoms with Gasteiger partial charge in [-0.15, -0.1) is 0 Å². The Bertz CT molecular complexity index is 611. The van der Waals surface area contributed by atoms with Crippen LogP contribution in [0, 0.1) is 0 Å². The molecule has 1 aromatic carbocycles. The van der Waals surface area contributed by atoms with E-state index in [0.717, 1.165) is 4.90 Å². The fourth-order valence-corrected chi connectivity index (χ4v) is 1.73. The van der Waals surface area contributed by atoms with Crippen molar-refractivity contribution < 1.29 is 9.59 Å². The minimum Gasteiger partial charge on any atom is -0.399 e. The Balaban J connectivity index is 2.42. The van der Waals surface area contributed by atoms with Crippen LogP contribution in [0.15, 0.2) is 48.8 Å². The van der Waals surface area contributed by atoms with Crippen LogP contribution in [-0.2, 0) is 4.79 Å². The van der Waals surface area contributed by atoms with Gasteiger partial charge in [-0.2, -0.15) is 0 Å². The van der Waals surface area contributed by atoms with Crippen molar-refractivity contribution >= 4 is 23.2 Å². The van der Waals surface area contributed by atoms with Crippen molar-refractivity contribution in [2.24, 2.45) is 0 Å². The SMILES string of the molecule is CC(=O)N(C(=O)c1ccncc1)c1cccc(N)c1. The third kappa shape index (κ3) is 2.77. The minimum atomic E-state index is -0.402. The number of nitrogen functional groups attached to an aromatic ring is 1. The Morgan fingerprint density at radius 2 is 1.84 bits per heavy atom. The normalized spacial score (nSPS) is 9.95. The third-order valence-electron chi connectivity index (χ3n) is 2.57. The number of nitrogens with two attached hydrogens (primary N) is 1. The standard InChI is InChI=1S/C14H13N3O2/c1-10(18)17(13-4-2-3-12(15)9-13)14(19)11-5-7-16-8-6-11/h2-9H,15H2,1H3. The van der Waals surface area contributed by atoms with E-state index in [4.69, 9.17) is 5.73 Å². The van der Waals surface area contributed by atoms with Crippen molar-refractivity contribution in [3.8, 4) is 0 Å². The molecule has 1 aromatic heterocycles. The highest BCUT2D eigenvalue weighted by Gasteiger charge is 2.21. The van der Waals surface area contributed by atoms with Crippen LogP contribution in [0.1, 0.15) is 17.3 Å². The zero-order valence-corrected chi connectivity index (χ0v) is 10.4. The molecule has 2 N–H and O–H groups in total. The van der Waals surface area contributed by atoms with Gasteiger partial charge in [0.25, 0.3) is 5.91 Å². The van der Waals surface area contributed by atoms with Crippen molar-refractivity contribution in [3.05, 3.63) is 54.4 Å². The number of nitrogens with zero attached hydrogens (tertiary/aromatic N) is 2. The molecule has 0 saturated heterocycles. The lowest BCUT2D eigenvalue weighted by molar-refractivity contribution is -0.115. The van der Waals surface area contributed by atoms with Crippen LogP contribution < -0.4 is 10.6 Å². The average molecular weight is 255 g/mol. The number of rotatable bonds is 2. The summed E-state index contributed by atoms with van der Waals surface area (Å²) < 4.78 is 0. The number of imide groups is 1. The molecule has 0 aliphatic rings. The molecular weight excluding hydrogens is 242 g/mol. The van der Waals surface area contributed by atoms with Crippen LogP contribution in [-0.4, -0.2) is 16.8 Å². The molecule has 0 fully saturated rings. The van der Waals surface area contributed by atoms with Gasteiger partial charge in [0.15, 0.2) is 0 Å². The van der Waals surface area contributed by atoms with E-state index in [1.807, 2.05) is 0 Å². The topological polar surface area (TPSA) is 76.3 Å². The minimum absolute atomic E-state index is 0.368. The zero-order chi connectivity index (χ0) is 13.8. The van der Waals surface area contributed by atoms with E-state index in [0.29, 0.717) is 16.9 Å². The molecular formula is C14H13N3O2. The summed E-state index contributed by atoms with van der Waals surface area (Å²) in [6.45, 7) is 1.34. The number of hydrogen-bond donors (Lipinski definition) is 1. The number of amides is 2. The van der Waals surface area contributed by atoms with Crippen molar-refractivity contribution in [1.29, 1.82) is 0 Å². The molecule has 2 amide bonds. The molecule has 0 saturated carbocycles. The fourth-order valence-electron chi connectivity index (χ4n) is 1.73. The monoisotopic (exact) mass is 255 g/mol. The summed E-state index contributed by atoms with van der Waals surface area (Å²) in [5.41, 5.74) is 7.02. The van der Waals surface area contributed by atoms with Gasteiger partial charge in [0.1, 0.15) is 0 Å². The van der Waals surface area contributed by atoms with Crippen molar-refractivity contribution in [2.45, 2.75) is 6.92 Å². The Labute approximate surface area is 110 Å². The van der Waals surface area contributed by atoms with Gasteiger partial charge in [-0.25, -0.2) is 4.90 Å². The maximum Gasteiger partial charge on any atom is 0.265 e. The summed E-state index contributed by atoms with van der Waals surface area (Å²) in [4.78, 5) is 29.0. The summed E-state index contributed by atoms with van der Waals surface area (Å²) >= 11 is 0. The predicted octanol–water partition coefficient (Wildman–Crippen LogP) is 1.86. The first-order valence-corrected chi connectivity index (χ1v) is 5.70. The average Bonchev–Trinajstić information content (AvgIpc) is 2.39. The summed E-state index contributed by atoms with van der Waals surface area (Å²) in [7, 11) is 0. The summed E-state index contributed by atoms with van der Waals surface area (Å²) in [6.07, 6.45) is 3.01. The van der Waals surface area contributed by atoms with Gasteiger partial charge in [0.2, 0.25) is 5.91 Å². The predicted molar refractivity (Wildman–Crippen MR) is 72.6 cm³/mol. The second-order valence-electron chi connectivity index (χ2n) is 3.99. The molecule has 0 atom stereocenters. The van der Waals surface area contributed by atoms with Gasteiger partial charge in [-0.1, -0.05) is 6.07 Å². The number of carbonyl (C=O) groups is 2. The zero-order valence-electron chi connectivity index (χ0n) is 10.4. The third-order valence-corrected chi connectivity index (χ3v) is 2.57. The van der Waals surface area contributed by atoms with E-state index in [9.17, 15) is 9.59 Å². The second kappa shape index (κ2) is 5.30. The van der Waals surface area contributed by atoms with Gasteiger partial charge in [0.05, 0.1) is 5.69 Å². The Morgan fingerprint density at radius 3 is 2.42 bits per heavy atom. The molecule has 19 heavy (non-hydrogen) atoms. The maximum atomic E-state index is 12.3. The van der Waals surface area contributed by atoms with Gasteiger partial charge in [-0.05, 0) is 30.3 Å². The number of hydrogen-bond acceptors (Lipinski definition) is 4. The van der Waals surface area contributed by atoms with Crippen LogP contribution >= 0.6 is 0 Å². The first-order chi connectivity index (χ1) is 9.09. The molecule has 0 radical (unpaired) electrons. The molecule has 5 heteroatoms. The van der Waals surface area contributed by atoms with Crippen molar-refractivity contribution in [2.75, 3.05) is 10.6 Å². The lowest BCUT2D eigenvalue weighted by Crippen LogP contribution is -2.35. The van der Waals surface area contributed by atoms with Gasteiger partial charge in [-0.3, -0.25) is 14.6 Å². The van der Waals surface area contributed by atoms with Crippen LogP contribution in [0.5, 0.6) is 0 Å². The highest BCUT2D eigenvalue weighted by atomic mass is 16.2.